The number of alkyl halides is 2. The Labute approximate surface area is 204 Å². The molecule has 0 atom stereocenters. The number of ether oxygens (including phenoxy) is 2. The van der Waals surface area contributed by atoms with Crippen molar-refractivity contribution in [3.8, 4) is 5.75 Å². The minimum Gasteiger partial charge on any atom is -0.488 e. The molecule has 2 aliphatic rings. The molecular weight excluding hydrogens is 456 g/mol. The summed E-state index contributed by atoms with van der Waals surface area (Å²) in [6, 6.07) is 3.69. The normalized spacial score (nSPS) is 18.0. The maximum absolute atomic E-state index is 13.3. The molecule has 8 nitrogen and oxygen atoms in total. The number of piperidine rings is 1. The first-order valence-electron chi connectivity index (χ1n) is 11.9. The number of aromatic nitrogens is 2. The number of nitrogens with one attached hydrogen (secondary N) is 1. The lowest BCUT2D eigenvalue weighted by Gasteiger charge is -2.31. The number of hydrogen-bond acceptors (Lipinski definition) is 7. The number of likely N-dealkylation sites (tertiary alicyclic amines) is 1. The van der Waals surface area contributed by atoms with E-state index in [0.29, 0.717) is 63.3 Å². The Balaban J connectivity index is 1.38. The minimum atomic E-state index is -2.56. The van der Waals surface area contributed by atoms with Gasteiger partial charge in [-0.15, -0.1) is 0 Å². The summed E-state index contributed by atoms with van der Waals surface area (Å²) in [5.74, 6) is -1.46. The molecule has 0 spiro atoms. The maximum atomic E-state index is 13.3. The van der Waals surface area contributed by atoms with Crippen molar-refractivity contribution < 1.29 is 23.0 Å². The average Bonchev–Trinajstić information content (AvgIpc) is 2.82. The van der Waals surface area contributed by atoms with Crippen molar-refractivity contribution >= 4 is 17.4 Å². The van der Waals surface area contributed by atoms with Gasteiger partial charge in [0.05, 0.1) is 37.3 Å². The van der Waals surface area contributed by atoms with Crippen molar-refractivity contribution in [2.24, 2.45) is 5.41 Å². The lowest BCUT2D eigenvalue weighted by atomic mass is 9.97. The molecule has 35 heavy (non-hydrogen) atoms. The summed E-state index contributed by atoms with van der Waals surface area (Å²) in [4.78, 5) is 25.3. The average molecular weight is 490 g/mol. The van der Waals surface area contributed by atoms with Crippen molar-refractivity contribution in [2.75, 3.05) is 44.4 Å². The van der Waals surface area contributed by atoms with E-state index >= 15 is 0 Å². The third kappa shape index (κ3) is 6.85. The van der Waals surface area contributed by atoms with Gasteiger partial charge in [-0.3, -0.25) is 14.7 Å². The molecule has 1 amide bonds. The van der Waals surface area contributed by atoms with Gasteiger partial charge in [-0.1, -0.05) is 20.8 Å². The number of rotatable bonds is 7. The van der Waals surface area contributed by atoms with Crippen LogP contribution in [-0.4, -0.2) is 66.2 Å². The van der Waals surface area contributed by atoms with Gasteiger partial charge in [0.25, 0.3) is 11.8 Å². The van der Waals surface area contributed by atoms with Crippen LogP contribution in [0.5, 0.6) is 5.75 Å². The smallest absolute Gasteiger partial charge is 0.252 e. The topological polar surface area (TPSA) is 79.8 Å². The largest absolute Gasteiger partial charge is 0.488 e. The lowest BCUT2D eigenvalue weighted by molar-refractivity contribution is -0.0813. The fourth-order valence-electron chi connectivity index (χ4n) is 3.92. The van der Waals surface area contributed by atoms with Gasteiger partial charge in [0, 0.05) is 44.9 Å². The number of anilines is 2. The van der Waals surface area contributed by atoms with Gasteiger partial charge in [-0.25, -0.2) is 13.8 Å². The van der Waals surface area contributed by atoms with E-state index in [0.717, 1.165) is 11.3 Å². The molecule has 10 heteroatoms. The van der Waals surface area contributed by atoms with Crippen molar-refractivity contribution in [3.63, 3.8) is 0 Å². The van der Waals surface area contributed by atoms with Gasteiger partial charge in [-0.05, 0) is 23.1 Å². The van der Waals surface area contributed by atoms with E-state index in [1.807, 2.05) is 15.9 Å². The molecule has 1 N–H and O–H groups in total. The zero-order chi connectivity index (χ0) is 25.1. The third-order valence-corrected chi connectivity index (χ3v) is 5.92. The van der Waals surface area contributed by atoms with E-state index in [-0.39, 0.29) is 24.2 Å². The molecule has 0 aromatic carbocycles. The van der Waals surface area contributed by atoms with Crippen LogP contribution in [-0.2, 0) is 11.3 Å². The highest BCUT2D eigenvalue weighted by atomic mass is 19.3. The summed E-state index contributed by atoms with van der Waals surface area (Å²) in [7, 11) is 0. The van der Waals surface area contributed by atoms with Gasteiger partial charge in [0.15, 0.2) is 11.6 Å². The first-order valence-corrected chi connectivity index (χ1v) is 11.9. The molecule has 0 unspecified atom stereocenters. The Kier molecular flexibility index (Phi) is 7.51. The number of pyridine rings is 2. The summed E-state index contributed by atoms with van der Waals surface area (Å²) < 4.78 is 38.2. The van der Waals surface area contributed by atoms with E-state index < -0.39 is 5.92 Å². The molecule has 1 fully saturated rings. The number of halogens is 2. The SMILES string of the molecule is CC(C)(C)CNC(=O)c1cncc(N2CCOc3cc(COCN4CCC(F)(F)CC4)cnc32)c1. The molecule has 2 aliphatic heterocycles. The molecule has 2 aromatic rings. The summed E-state index contributed by atoms with van der Waals surface area (Å²) in [5, 5.41) is 2.95. The Bertz CT molecular complexity index is 1030. The van der Waals surface area contributed by atoms with Gasteiger partial charge >= 0.3 is 0 Å². The quantitative estimate of drug-likeness (QED) is 0.630. The highest BCUT2D eigenvalue weighted by molar-refractivity contribution is 5.95. The Hall–Kier alpha value is -2.85. The molecule has 1 saturated heterocycles. The highest BCUT2D eigenvalue weighted by Gasteiger charge is 2.33. The molecule has 2 aromatic heterocycles. The van der Waals surface area contributed by atoms with E-state index in [4.69, 9.17) is 9.47 Å². The van der Waals surface area contributed by atoms with Crippen LogP contribution in [0.15, 0.2) is 30.7 Å². The van der Waals surface area contributed by atoms with Crippen LogP contribution in [0.2, 0.25) is 0 Å². The second-order valence-corrected chi connectivity index (χ2v) is 10.3. The third-order valence-electron chi connectivity index (χ3n) is 5.92. The first kappa shape index (κ1) is 25.2. The van der Waals surface area contributed by atoms with E-state index in [1.54, 1.807) is 24.7 Å². The van der Waals surface area contributed by atoms with Crippen molar-refractivity contribution in [2.45, 2.75) is 46.1 Å². The molecule has 4 rings (SSSR count). The van der Waals surface area contributed by atoms with Gasteiger partial charge in [0.1, 0.15) is 6.61 Å². The molecule has 0 radical (unpaired) electrons. The van der Waals surface area contributed by atoms with Crippen molar-refractivity contribution in [1.29, 1.82) is 0 Å². The molecule has 4 heterocycles. The number of amides is 1. The van der Waals surface area contributed by atoms with Gasteiger partial charge in [0.2, 0.25) is 0 Å². The molecule has 0 aliphatic carbocycles. The molecule has 190 valence electrons. The standard InChI is InChI=1S/C25H33F2N5O3/c1-24(2,3)16-30-23(33)19-11-20(14-28-13-19)32-8-9-35-21-10-18(12-29-22(21)32)15-34-17-31-6-4-25(26,27)5-7-31/h10-14H,4-9,15-17H2,1-3H3,(H,30,33). The van der Waals surface area contributed by atoms with Crippen molar-refractivity contribution in [3.05, 3.63) is 41.9 Å². The minimum absolute atomic E-state index is 0.0162. The second-order valence-electron chi connectivity index (χ2n) is 10.3. The number of carbonyl (C=O) groups excluding carboxylic acids is 1. The number of fused-ring (bicyclic) bond motifs is 1. The lowest BCUT2D eigenvalue weighted by Crippen LogP contribution is -2.40. The van der Waals surface area contributed by atoms with E-state index in [9.17, 15) is 13.6 Å². The summed E-state index contributed by atoms with van der Waals surface area (Å²) >= 11 is 0. The van der Waals surface area contributed by atoms with Crippen LogP contribution < -0.4 is 15.0 Å². The molecular formula is C25H33F2N5O3. The molecule has 0 bridgehead atoms. The van der Waals surface area contributed by atoms with Crippen LogP contribution in [0.1, 0.15) is 49.5 Å². The summed E-state index contributed by atoms with van der Waals surface area (Å²) in [6.07, 6.45) is 4.72. The number of carbonyl (C=O) groups is 1. The van der Waals surface area contributed by atoms with E-state index in [2.05, 4.69) is 36.1 Å². The number of hydrogen-bond donors (Lipinski definition) is 1. The predicted molar refractivity (Wildman–Crippen MR) is 128 cm³/mol. The van der Waals surface area contributed by atoms with Gasteiger partial charge < -0.3 is 19.7 Å². The van der Waals surface area contributed by atoms with Crippen LogP contribution >= 0.6 is 0 Å². The Morgan fingerprint density at radius 1 is 1.17 bits per heavy atom. The fraction of sp³-hybridized carbons (Fsp3) is 0.560. The zero-order valence-electron chi connectivity index (χ0n) is 20.5. The molecule has 0 saturated carbocycles. The van der Waals surface area contributed by atoms with Crippen LogP contribution in [0, 0.1) is 5.41 Å². The Morgan fingerprint density at radius 3 is 2.69 bits per heavy atom. The van der Waals surface area contributed by atoms with Crippen molar-refractivity contribution in [1.82, 2.24) is 20.2 Å². The Morgan fingerprint density at radius 2 is 1.94 bits per heavy atom. The summed E-state index contributed by atoms with van der Waals surface area (Å²) in [6.45, 7) is 9.05. The predicted octanol–water partition coefficient (Wildman–Crippen LogP) is 3.99. The van der Waals surface area contributed by atoms with Crippen LogP contribution in [0.25, 0.3) is 0 Å². The fourth-order valence-corrected chi connectivity index (χ4v) is 3.92. The van der Waals surface area contributed by atoms with Crippen LogP contribution in [0.3, 0.4) is 0 Å². The monoisotopic (exact) mass is 489 g/mol. The van der Waals surface area contributed by atoms with Crippen LogP contribution in [0.4, 0.5) is 20.3 Å². The maximum Gasteiger partial charge on any atom is 0.252 e. The number of nitrogens with zero attached hydrogens (tertiary/aromatic N) is 4. The zero-order valence-corrected chi connectivity index (χ0v) is 20.5. The summed E-state index contributed by atoms with van der Waals surface area (Å²) in [5.41, 5.74) is 2.07. The second kappa shape index (κ2) is 10.4. The van der Waals surface area contributed by atoms with Gasteiger partial charge in [-0.2, -0.15) is 0 Å². The van der Waals surface area contributed by atoms with E-state index in [1.165, 1.54) is 0 Å². The first-order chi connectivity index (χ1) is 16.6. The highest BCUT2D eigenvalue weighted by Crippen LogP contribution is 2.35.